The second-order valence-corrected chi connectivity index (χ2v) is 7.91. The van der Waals surface area contributed by atoms with Gasteiger partial charge in [-0.3, -0.25) is 9.59 Å². The second-order valence-electron chi connectivity index (χ2n) is 6.90. The number of aliphatic carboxylic acids is 1. The summed E-state index contributed by atoms with van der Waals surface area (Å²) in [6.07, 6.45) is 2.47. The highest BCUT2D eigenvalue weighted by molar-refractivity contribution is 8.00. The van der Waals surface area contributed by atoms with Crippen LogP contribution in [0.3, 0.4) is 0 Å². The van der Waals surface area contributed by atoms with Crippen LogP contribution in [0.4, 0.5) is 0 Å². The monoisotopic (exact) mass is 333 g/mol. The van der Waals surface area contributed by atoms with Crippen LogP contribution in [0.2, 0.25) is 0 Å². The summed E-state index contributed by atoms with van der Waals surface area (Å²) in [5.74, 6) is -0.225. The van der Waals surface area contributed by atoms with Crippen LogP contribution in [-0.4, -0.2) is 40.7 Å². The standard InChI is InChI=1S/C18H23NO3S/c1-12-3-4-13(2)15(9-12)23-11-16(20)19-7-5-18(6-8-19)10-14(18)17(21)22/h3-4,9,14H,5-8,10-11H2,1-2H3,(H,21,22). The fourth-order valence-corrected chi connectivity index (χ4v) is 4.57. The summed E-state index contributed by atoms with van der Waals surface area (Å²) < 4.78 is 0. The number of nitrogens with zero attached hydrogens (tertiary/aromatic N) is 1. The van der Waals surface area contributed by atoms with Crippen molar-refractivity contribution in [3.05, 3.63) is 29.3 Å². The van der Waals surface area contributed by atoms with E-state index < -0.39 is 5.97 Å². The van der Waals surface area contributed by atoms with Crippen molar-refractivity contribution in [1.82, 2.24) is 4.90 Å². The maximum atomic E-state index is 12.4. The molecular formula is C18H23NO3S. The van der Waals surface area contributed by atoms with Gasteiger partial charge in [-0.1, -0.05) is 17.7 Å². The van der Waals surface area contributed by atoms with Gasteiger partial charge >= 0.3 is 5.97 Å². The third kappa shape index (κ3) is 3.39. The molecule has 1 aliphatic heterocycles. The highest BCUT2D eigenvalue weighted by atomic mass is 32.2. The Morgan fingerprint density at radius 1 is 1.30 bits per heavy atom. The number of carboxylic acid groups (broad SMARTS) is 1. The number of hydrogen-bond donors (Lipinski definition) is 1. The molecule has 1 aliphatic carbocycles. The van der Waals surface area contributed by atoms with Crippen molar-refractivity contribution in [1.29, 1.82) is 0 Å². The van der Waals surface area contributed by atoms with E-state index in [4.69, 9.17) is 5.11 Å². The molecule has 0 aromatic heterocycles. The number of carbonyl (C=O) groups is 2. The number of piperidine rings is 1. The Balaban J connectivity index is 1.50. The van der Waals surface area contributed by atoms with Gasteiger partial charge in [-0.25, -0.2) is 0 Å². The number of hydrogen-bond acceptors (Lipinski definition) is 3. The van der Waals surface area contributed by atoms with E-state index in [9.17, 15) is 9.59 Å². The molecule has 1 amide bonds. The third-order valence-electron chi connectivity index (χ3n) is 5.29. The van der Waals surface area contributed by atoms with E-state index in [-0.39, 0.29) is 17.2 Å². The van der Waals surface area contributed by atoms with E-state index in [1.165, 1.54) is 16.0 Å². The van der Waals surface area contributed by atoms with Crippen LogP contribution in [0.15, 0.2) is 23.1 Å². The minimum absolute atomic E-state index is 0.0110. The summed E-state index contributed by atoms with van der Waals surface area (Å²) in [7, 11) is 0. The molecule has 1 spiro atoms. The van der Waals surface area contributed by atoms with E-state index in [0.29, 0.717) is 18.8 Å². The number of carboxylic acids is 1. The molecule has 1 unspecified atom stereocenters. The first kappa shape index (κ1) is 16.4. The van der Waals surface area contributed by atoms with Gasteiger partial charge in [0.15, 0.2) is 0 Å². The molecule has 1 aromatic rings. The molecule has 4 nitrogen and oxygen atoms in total. The summed E-state index contributed by atoms with van der Waals surface area (Å²) in [6.45, 7) is 5.53. The van der Waals surface area contributed by atoms with Crippen LogP contribution < -0.4 is 0 Å². The lowest BCUT2D eigenvalue weighted by Gasteiger charge is -2.32. The van der Waals surface area contributed by atoms with Crippen LogP contribution in [0.25, 0.3) is 0 Å². The van der Waals surface area contributed by atoms with Crippen LogP contribution in [0.1, 0.15) is 30.4 Å². The third-order valence-corrected chi connectivity index (χ3v) is 6.44. The SMILES string of the molecule is Cc1ccc(C)c(SCC(=O)N2CCC3(CC2)CC3C(=O)O)c1. The normalized spacial score (nSPS) is 22.2. The molecule has 1 aromatic carbocycles. The minimum atomic E-state index is -0.671. The van der Waals surface area contributed by atoms with Crippen molar-refractivity contribution in [2.24, 2.45) is 11.3 Å². The van der Waals surface area contributed by atoms with E-state index in [1.807, 2.05) is 4.90 Å². The summed E-state index contributed by atoms with van der Waals surface area (Å²) in [5.41, 5.74) is 2.40. The van der Waals surface area contributed by atoms with E-state index in [0.717, 1.165) is 19.3 Å². The molecule has 2 fully saturated rings. The quantitative estimate of drug-likeness (QED) is 0.860. The highest BCUT2D eigenvalue weighted by Crippen LogP contribution is 2.59. The predicted molar refractivity (Wildman–Crippen MR) is 90.6 cm³/mol. The molecule has 23 heavy (non-hydrogen) atoms. The van der Waals surface area contributed by atoms with Crippen molar-refractivity contribution >= 4 is 23.6 Å². The molecule has 1 N–H and O–H groups in total. The lowest BCUT2D eigenvalue weighted by molar-refractivity contribution is -0.139. The first-order chi connectivity index (χ1) is 10.9. The van der Waals surface area contributed by atoms with Gasteiger partial charge in [-0.15, -0.1) is 11.8 Å². The minimum Gasteiger partial charge on any atom is -0.481 e. The van der Waals surface area contributed by atoms with E-state index >= 15 is 0 Å². The zero-order valence-electron chi connectivity index (χ0n) is 13.7. The first-order valence-corrected chi connectivity index (χ1v) is 9.10. The smallest absolute Gasteiger partial charge is 0.307 e. The van der Waals surface area contributed by atoms with Gasteiger partial charge in [0.25, 0.3) is 0 Å². The molecule has 0 radical (unpaired) electrons. The molecular weight excluding hydrogens is 310 g/mol. The molecule has 3 rings (SSSR count). The van der Waals surface area contributed by atoms with E-state index in [1.54, 1.807) is 11.8 Å². The number of likely N-dealkylation sites (tertiary alicyclic amines) is 1. The van der Waals surface area contributed by atoms with Gasteiger partial charge in [0.2, 0.25) is 5.91 Å². The van der Waals surface area contributed by atoms with Crippen LogP contribution in [0.5, 0.6) is 0 Å². The fraction of sp³-hybridized carbons (Fsp3) is 0.556. The van der Waals surface area contributed by atoms with Crippen molar-refractivity contribution in [3.63, 3.8) is 0 Å². The molecule has 5 heteroatoms. The maximum Gasteiger partial charge on any atom is 0.307 e. The van der Waals surface area contributed by atoms with Crippen LogP contribution in [0, 0.1) is 25.2 Å². The first-order valence-electron chi connectivity index (χ1n) is 8.12. The number of rotatable bonds is 4. The number of aryl methyl sites for hydroxylation is 2. The molecule has 124 valence electrons. The predicted octanol–water partition coefficient (Wildman–Crippen LogP) is 3.11. The Morgan fingerprint density at radius 3 is 2.61 bits per heavy atom. The Hall–Kier alpha value is -1.49. The largest absolute Gasteiger partial charge is 0.481 e. The molecule has 1 saturated heterocycles. The van der Waals surface area contributed by atoms with Crippen LogP contribution >= 0.6 is 11.8 Å². The van der Waals surface area contributed by atoms with Crippen LogP contribution in [-0.2, 0) is 9.59 Å². The maximum absolute atomic E-state index is 12.4. The van der Waals surface area contributed by atoms with Crippen molar-refractivity contribution in [3.8, 4) is 0 Å². The molecule has 1 heterocycles. The van der Waals surface area contributed by atoms with Crippen molar-refractivity contribution < 1.29 is 14.7 Å². The number of thioether (sulfide) groups is 1. The van der Waals surface area contributed by atoms with Gasteiger partial charge in [-0.2, -0.15) is 0 Å². The number of benzene rings is 1. The van der Waals surface area contributed by atoms with Crippen molar-refractivity contribution in [2.75, 3.05) is 18.8 Å². The Labute approximate surface area is 141 Å². The van der Waals surface area contributed by atoms with Gasteiger partial charge in [0, 0.05) is 18.0 Å². The zero-order valence-corrected chi connectivity index (χ0v) is 14.5. The van der Waals surface area contributed by atoms with E-state index in [2.05, 4.69) is 32.0 Å². The summed E-state index contributed by atoms with van der Waals surface area (Å²) in [5, 5.41) is 9.12. The Morgan fingerprint density at radius 2 is 2.00 bits per heavy atom. The molecule has 1 saturated carbocycles. The van der Waals surface area contributed by atoms with Gasteiger partial charge in [0.1, 0.15) is 0 Å². The lowest BCUT2D eigenvalue weighted by Crippen LogP contribution is -2.40. The molecule has 1 atom stereocenters. The molecule has 2 aliphatic rings. The van der Waals surface area contributed by atoms with Crippen molar-refractivity contribution in [2.45, 2.75) is 38.0 Å². The number of carbonyl (C=O) groups excluding carboxylic acids is 1. The van der Waals surface area contributed by atoms with Gasteiger partial charge < -0.3 is 10.0 Å². The lowest BCUT2D eigenvalue weighted by atomic mass is 9.91. The average molecular weight is 333 g/mol. The molecule has 0 bridgehead atoms. The van der Waals surface area contributed by atoms with Gasteiger partial charge in [-0.05, 0) is 50.2 Å². The average Bonchev–Trinajstić information content (AvgIpc) is 3.22. The topological polar surface area (TPSA) is 57.6 Å². The highest BCUT2D eigenvalue weighted by Gasteiger charge is 2.59. The zero-order chi connectivity index (χ0) is 16.6. The summed E-state index contributed by atoms with van der Waals surface area (Å²) >= 11 is 1.60. The second kappa shape index (κ2) is 6.19. The Bertz CT molecular complexity index is 635. The van der Waals surface area contributed by atoms with Gasteiger partial charge in [0.05, 0.1) is 11.7 Å². The number of amides is 1. The summed E-state index contributed by atoms with van der Waals surface area (Å²) in [6, 6.07) is 6.30. The summed E-state index contributed by atoms with van der Waals surface area (Å²) in [4.78, 5) is 26.6. The fourth-order valence-electron chi connectivity index (χ4n) is 3.54. The Kier molecular flexibility index (Phi) is 4.41.